The fourth-order valence-electron chi connectivity index (χ4n) is 3.31. The largest absolute Gasteiger partial charge is 0.388 e. The first-order chi connectivity index (χ1) is 15.7. The smallest absolute Gasteiger partial charge is 0.105 e. The van der Waals surface area contributed by atoms with Crippen LogP contribution in [-0.4, -0.2) is 5.84 Å². The maximum absolute atomic E-state index is 5.92. The minimum Gasteiger partial charge on any atom is -0.388 e. The van der Waals surface area contributed by atoms with E-state index in [1.54, 1.807) is 6.92 Å². The van der Waals surface area contributed by atoms with Gasteiger partial charge in [0, 0.05) is 11.4 Å². The predicted octanol–water partition coefficient (Wildman–Crippen LogP) is 7.29. The Kier molecular flexibility index (Phi) is 11.7. The molecule has 3 nitrogen and oxygen atoms in total. The van der Waals surface area contributed by atoms with E-state index in [-0.39, 0.29) is 0 Å². The molecule has 33 heavy (non-hydrogen) atoms. The maximum atomic E-state index is 5.92. The van der Waals surface area contributed by atoms with Gasteiger partial charge in [-0.2, -0.15) is 0 Å². The van der Waals surface area contributed by atoms with Crippen LogP contribution >= 0.6 is 12.6 Å². The Bertz CT molecular complexity index is 1050. The lowest BCUT2D eigenvalue weighted by atomic mass is 9.84. The average Bonchev–Trinajstić information content (AvgIpc) is 2.81. The van der Waals surface area contributed by atoms with Crippen molar-refractivity contribution in [1.82, 2.24) is 0 Å². The molecule has 0 saturated heterocycles. The van der Waals surface area contributed by atoms with Gasteiger partial charge in [-0.1, -0.05) is 80.6 Å². The monoisotopic (exact) mass is 461 g/mol. The highest BCUT2D eigenvalue weighted by Crippen LogP contribution is 2.35. The standard InChI is InChI=1S/C21H27N3.C6H6S.C2H6/c1-14(2)21(5,24-16(4)23)19-8-6-7-17(12-19)20-11-15(3)9-10-18(20)13-22;7-6-4-2-1-3-5-6;1-2/h6-12H,1,13,22H2,2-5H3,(H2,23,24);1-5,7H;1-2H3. The van der Waals surface area contributed by atoms with E-state index in [9.17, 15) is 0 Å². The van der Waals surface area contributed by atoms with Gasteiger partial charge in [-0.3, -0.25) is 4.99 Å². The molecule has 0 aliphatic heterocycles. The van der Waals surface area contributed by atoms with E-state index >= 15 is 0 Å². The zero-order valence-electron chi connectivity index (χ0n) is 20.9. The van der Waals surface area contributed by atoms with Gasteiger partial charge in [-0.05, 0) is 73.7 Å². The lowest BCUT2D eigenvalue weighted by molar-refractivity contribution is 0.592. The van der Waals surface area contributed by atoms with E-state index in [0.29, 0.717) is 12.4 Å². The summed E-state index contributed by atoms with van der Waals surface area (Å²) in [4.78, 5) is 5.66. The zero-order valence-corrected chi connectivity index (χ0v) is 21.8. The van der Waals surface area contributed by atoms with Gasteiger partial charge in [-0.25, -0.2) is 0 Å². The molecule has 3 aromatic rings. The second kappa shape index (κ2) is 13.7. The van der Waals surface area contributed by atoms with Crippen LogP contribution < -0.4 is 11.5 Å². The van der Waals surface area contributed by atoms with Crippen LogP contribution in [0.5, 0.6) is 0 Å². The first-order valence-electron chi connectivity index (χ1n) is 11.3. The Balaban J connectivity index is 0.000000508. The molecule has 0 bridgehead atoms. The summed E-state index contributed by atoms with van der Waals surface area (Å²) in [6.45, 7) is 16.6. The second-order valence-electron chi connectivity index (χ2n) is 7.89. The number of amidine groups is 1. The number of aliphatic imine (C=N–C) groups is 1. The molecule has 4 heteroatoms. The van der Waals surface area contributed by atoms with Gasteiger partial charge in [0.25, 0.3) is 0 Å². The van der Waals surface area contributed by atoms with Crippen molar-refractivity contribution in [3.05, 3.63) is 102 Å². The molecule has 176 valence electrons. The van der Waals surface area contributed by atoms with Gasteiger partial charge < -0.3 is 11.5 Å². The SMILES string of the molecule is C=C(C)C(C)(N=C(C)N)c1cccc(-c2cc(C)ccc2CN)c1.CC.Sc1ccccc1. The molecule has 0 fully saturated rings. The summed E-state index contributed by atoms with van der Waals surface area (Å²) in [5.41, 5.74) is 17.9. The molecule has 0 saturated carbocycles. The van der Waals surface area contributed by atoms with Crippen molar-refractivity contribution in [3.8, 4) is 11.1 Å². The summed E-state index contributed by atoms with van der Waals surface area (Å²) in [5.74, 6) is 0.545. The fraction of sp³-hybridized carbons (Fsp3) is 0.276. The van der Waals surface area contributed by atoms with E-state index in [1.807, 2.05) is 58.0 Å². The molecule has 0 heterocycles. The molecule has 0 amide bonds. The summed E-state index contributed by atoms with van der Waals surface area (Å²) in [5, 5.41) is 0. The fourth-order valence-corrected chi connectivity index (χ4v) is 3.49. The lowest BCUT2D eigenvalue weighted by Crippen LogP contribution is -2.24. The van der Waals surface area contributed by atoms with Crippen LogP contribution in [0.25, 0.3) is 11.1 Å². The second-order valence-corrected chi connectivity index (χ2v) is 8.40. The summed E-state index contributed by atoms with van der Waals surface area (Å²) in [6, 6.07) is 24.5. The van der Waals surface area contributed by atoms with Crippen molar-refractivity contribution in [2.45, 2.75) is 58.5 Å². The Hall–Kier alpha value is -2.82. The van der Waals surface area contributed by atoms with E-state index in [2.05, 4.69) is 73.6 Å². The Morgan fingerprint density at radius 2 is 1.61 bits per heavy atom. The van der Waals surface area contributed by atoms with Gasteiger partial charge in [0.1, 0.15) is 5.54 Å². The van der Waals surface area contributed by atoms with Crippen molar-refractivity contribution >= 4 is 18.5 Å². The number of rotatable bonds is 5. The van der Waals surface area contributed by atoms with Gasteiger partial charge in [0.15, 0.2) is 0 Å². The van der Waals surface area contributed by atoms with Crippen LogP contribution in [0.1, 0.15) is 51.3 Å². The van der Waals surface area contributed by atoms with Crippen LogP contribution in [0.3, 0.4) is 0 Å². The third-order valence-corrected chi connectivity index (χ3v) is 5.51. The number of nitrogens with zero attached hydrogens (tertiary/aromatic N) is 1. The molecule has 1 unspecified atom stereocenters. The molecule has 0 spiro atoms. The summed E-state index contributed by atoms with van der Waals surface area (Å²) in [7, 11) is 0. The molecule has 0 aliphatic rings. The van der Waals surface area contributed by atoms with Gasteiger partial charge in [0.05, 0.1) is 5.84 Å². The molecular formula is C29H39N3S. The topological polar surface area (TPSA) is 64.4 Å². The van der Waals surface area contributed by atoms with E-state index in [1.165, 1.54) is 5.56 Å². The molecule has 3 rings (SSSR count). The molecule has 4 N–H and O–H groups in total. The predicted molar refractivity (Wildman–Crippen MR) is 149 cm³/mol. The first kappa shape index (κ1) is 28.2. The summed E-state index contributed by atoms with van der Waals surface area (Å²) in [6.07, 6.45) is 0. The van der Waals surface area contributed by atoms with E-state index < -0.39 is 5.54 Å². The quantitative estimate of drug-likeness (QED) is 0.162. The van der Waals surface area contributed by atoms with Crippen molar-refractivity contribution in [1.29, 1.82) is 0 Å². The van der Waals surface area contributed by atoms with Crippen LogP contribution in [0.2, 0.25) is 0 Å². The van der Waals surface area contributed by atoms with Crippen LogP contribution in [0.15, 0.2) is 94.8 Å². The highest BCUT2D eigenvalue weighted by molar-refractivity contribution is 7.80. The Morgan fingerprint density at radius 1 is 0.970 bits per heavy atom. The molecule has 0 aliphatic carbocycles. The number of hydrogen-bond donors (Lipinski definition) is 3. The molecule has 0 aromatic heterocycles. The van der Waals surface area contributed by atoms with Gasteiger partial charge >= 0.3 is 0 Å². The van der Waals surface area contributed by atoms with Crippen LogP contribution in [0.4, 0.5) is 0 Å². The number of benzene rings is 3. The first-order valence-corrected chi connectivity index (χ1v) is 11.7. The van der Waals surface area contributed by atoms with Crippen molar-refractivity contribution in [2.75, 3.05) is 0 Å². The third-order valence-electron chi connectivity index (χ3n) is 5.21. The highest BCUT2D eigenvalue weighted by Gasteiger charge is 2.27. The molecular weight excluding hydrogens is 422 g/mol. The van der Waals surface area contributed by atoms with E-state index in [4.69, 9.17) is 11.5 Å². The number of aryl methyl sites for hydroxylation is 1. The highest BCUT2D eigenvalue weighted by atomic mass is 32.1. The van der Waals surface area contributed by atoms with Crippen molar-refractivity contribution in [2.24, 2.45) is 16.5 Å². The van der Waals surface area contributed by atoms with Gasteiger partial charge in [-0.15, -0.1) is 12.6 Å². The molecule has 1 atom stereocenters. The van der Waals surface area contributed by atoms with Crippen molar-refractivity contribution in [3.63, 3.8) is 0 Å². The number of nitrogens with two attached hydrogens (primary N) is 2. The zero-order chi connectivity index (χ0) is 25.0. The normalized spacial score (nSPS) is 12.4. The summed E-state index contributed by atoms with van der Waals surface area (Å²) >= 11 is 4.08. The minimum absolute atomic E-state index is 0.512. The van der Waals surface area contributed by atoms with Crippen LogP contribution in [-0.2, 0) is 12.1 Å². The van der Waals surface area contributed by atoms with Crippen LogP contribution in [0, 0.1) is 6.92 Å². The Labute approximate surface area is 206 Å². The third kappa shape index (κ3) is 8.23. The number of hydrogen-bond acceptors (Lipinski definition) is 3. The average molecular weight is 462 g/mol. The maximum Gasteiger partial charge on any atom is 0.105 e. The number of thiol groups is 1. The Morgan fingerprint density at radius 3 is 2.09 bits per heavy atom. The molecule has 0 radical (unpaired) electrons. The van der Waals surface area contributed by atoms with Gasteiger partial charge in [0.2, 0.25) is 0 Å². The van der Waals surface area contributed by atoms with Crippen molar-refractivity contribution < 1.29 is 0 Å². The van der Waals surface area contributed by atoms with E-state index in [0.717, 1.165) is 32.7 Å². The lowest BCUT2D eigenvalue weighted by Gasteiger charge is -2.27. The minimum atomic E-state index is -0.540. The molecule has 3 aromatic carbocycles. The summed E-state index contributed by atoms with van der Waals surface area (Å²) < 4.78 is 0.